The third kappa shape index (κ3) is 2.58. The number of nitrogens with zero attached hydrogens (tertiary/aromatic N) is 5. The first-order valence-electron chi connectivity index (χ1n) is 8.76. The van der Waals surface area contributed by atoms with Gasteiger partial charge in [-0.3, -0.25) is 9.78 Å². The van der Waals surface area contributed by atoms with E-state index < -0.39 is 17.2 Å². The van der Waals surface area contributed by atoms with Crippen molar-refractivity contribution < 1.29 is 13.5 Å². The molecule has 5 rings (SSSR count). The first-order valence-corrected chi connectivity index (χ1v) is 8.76. The number of nitrogens with one attached hydrogen (secondary N) is 1. The topological polar surface area (TPSA) is 81.5 Å². The molecule has 7 nitrogen and oxygen atoms in total. The highest BCUT2D eigenvalue weighted by Crippen LogP contribution is 2.40. The standard InChI is InChI=1S/C19H16F2N6O/c1-19(2)9-27-14(8-28-19)15(11-3-4-22-18-12(11)7-24-25-18)17(26-27)16-13(21)5-10(20)6-23-16/h3-7H,8-9H2,1-2H3,(H,22,24,25). The Morgan fingerprint density at radius 3 is 2.86 bits per heavy atom. The molecule has 0 atom stereocenters. The van der Waals surface area contributed by atoms with Crippen molar-refractivity contribution in [2.45, 2.75) is 32.6 Å². The molecule has 0 aliphatic carbocycles. The Kier molecular flexibility index (Phi) is 3.57. The summed E-state index contributed by atoms with van der Waals surface area (Å²) in [5.41, 5.74) is 2.78. The van der Waals surface area contributed by atoms with E-state index in [1.165, 1.54) is 0 Å². The first-order chi connectivity index (χ1) is 13.4. The van der Waals surface area contributed by atoms with E-state index in [2.05, 4.69) is 25.3 Å². The molecule has 1 aliphatic heterocycles. The maximum absolute atomic E-state index is 14.6. The van der Waals surface area contributed by atoms with Gasteiger partial charge in [-0.25, -0.2) is 18.7 Å². The summed E-state index contributed by atoms with van der Waals surface area (Å²) in [6.45, 7) is 4.74. The molecular weight excluding hydrogens is 366 g/mol. The molecule has 1 N–H and O–H groups in total. The fourth-order valence-electron chi connectivity index (χ4n) is 3.55. The molecule has 0 saturated heterocycles. The molecular formula is C19H16F2N6O. The number of aromatic amines is 1. The SMILES string of the molecule is CC1(C)Cn2nc(-c3ncc(F)cc3F)c(-c3ccnc4[nH]ncc34)c2CO1. The minimum atomic E-state index is -0.769. The monoisotopic (exact) mass is 382 g/mol. The van der Waals surface area contributed by atoms with Crippen molar-refractivity contribution in [1.29, 1.82) is 0 Å². The molecule has 4 aromatic rings. The summed E-state index contributed by atoms with van der Waals surface area (Å²) in [4.78, 5) is 8.24. The van der Waals surface area contributed by atoms with Crippen LogP contribution >= 0.6 is 0 Å². The minimum Gasteiger partial charge on any atom is -0.367 e. The second-order valence-electron chi connectivity index (χ2n) is 7.35. The summed E-state index contributed by atoms with van der Waals surface area (Å²) in [5.74, 6) is -1.51. The highest BCUT2D eigenvalue weighted by molar-refractivity contribution is 5.97. The number of halogens is 2. The molecule has 0 saturated carbocycles. The van der Waals surface area contributed by atoms with Crippen molar-refractivity contribution in [3.05, 3.63) is 48.1 Å². The van der Waals surface area contributed by atoms with Crippen LogP contribution in [0.5, 0.6) is 0 Å². The lowest BCUT2D eigenvalue weighted by molar-refractivity contribution is -0.0657. The van der Waals surface area contributed by atoms with E-state index in [4.69, 9.17) is 4.74 Å². The molecule has 0 amide bonds. The van der Waals surface area contributed by atoms with Gasteiger partial charge in [-0.1, -0.05) is 0 Å². The zero-order chi connectivity index (χ0) is 19.5. The first kappa shape index (κ1) is 16.9. The number of rotatable bonds is 2. The maximum Gasteiger partial charge on any atom is 0.155 e. The summed E-state index contributed by atoms with van der Waals surface area (Å²) >= 11 is 0. The second-order valence-corrected chi connectivity index (χ2v) is 7.35. The summed E-state index contributed by atoms with van der Waals surface area (Å²) < 4.78 is 35.8. The Bertz CT molecular complexity index is 1210. The Balaban J connectivity index is 1.82. The Morgan fingerprint density at radius 2 is 2.04 bits per heavy atom. The van der Waals surface area contributed by atoms with Gasteiger partial charge in [0.2, 0.25) is 0 Å². The van der Waals surface area contributed by atoms with Gasteiger partial charge in [0.25, 0.3) is 0 Å². The lowest BCUT2D eigenvalue weighted by Gasteiger charge is -2.31. The average molecular weight is 382 g/mol. The zero-order valence-corrected chi connectivity index (χ0v) is 15.2. The van der Waals surface area contributed by atoms with E-state index in [0.717, 1.165) is 28.9 Å². The fourth-order valence-corrected chi connectivity index (χ4v) is 3.55. The van der Waals surface area contributed by atoms with Crippen molar-refractivity contribution in [1.82, 2.24) is 29.9 Å². The molecule has 0 aromatic carbocycles. The number of aromatic nitrogens is 6. The summed E-state index contributed by atoms with van der Waals surface area (Å²) in [6, 6.07) is 2.63. The van der Waals surface area contributed by atoms with Crippen LogP contribution in [0.15, 0.2) is 30.7 Å². The Morgan fingerprint density at radius 1 is 1.18 bits per heavy atom. The van der Waals surface area contributed by atoms with Crippen LogP contribution in [0.4, 0.5) is 8.78 Å². The maximum atomic E-state index is 14.6. The van der Waals surface area contributed by atoms with Crippen molar-refractivity contribution in [2.75, 3.05) is 0 Å². The molecule has 0 fully saturated rings. The van der Waals surface area contributed by atoms with Crippen LogP contribution in [0.3, 0.4) is 0 Å². The zero-order valence-electron chi connectivity index (χ0n) is 15.2. The summed E-state index contributed by atoms with van der Waals surface area (Å²) in [7, 11) is 0. The third-order valence-electron chi connectivity index (χ3n) is 4.84. The van der Waals surface area contributed by atoms with E-state index >= 15 is 0 Å². The summed E-state index contributed by atoms with van der Waals surface area (Å²) in [6.07, 6.45) is 4.29. The van der Waals surface area contributed by atoms with Crippen molar-refractivity contribution in [3.63, 3.8) is 0 Å². The largest absolute Gasteiger partial charge is 0.367 e. The second kappa shape index (κ2) is 5.90. The summed E-state index contributed by atoms with van der Waals surface area (Å²) in [5, 5.41) is 12.3. The van der Waals surface area contributed by atoms with Crippen LogP contribution in [0.25, 0.3) is 33.5 Å². The van der Waals surface area contributed by atoms with Crippen LogP contribution in [0.1, 0.15) is 19.5 Å². The van der Waals surface area contributed by atoms with Gasteiger partial charge in [-0.15, -0.1) is 0 Å². The molecule has 5 heterocycles. The predicted molar refractivity (Wildman–Crippen MR) is 97.1 cm³/mol. The van der Waals surface area contributed by atoms with Gasteiger partial charge in [0, 0.05) is 28.8 Å². The van der Waals surface area contributed by atoms with Crippen LogP contribution in [0, 0.1) is 11.6 Å². The molecule has 28 heavy (non-hydrogen) atoms. The van der Waals surface area contributed by atoms with Gasteiger partial charge >= 0.3 is 0 Å². The normalized spacial score (nSPS) is 15.7. The van der Waals surface area contributed by atoms with E-state index in [1.807, 2.05) is 24.6 Å². The van der Waals surface area contributed by atoms with Gasteiger partial charge in [0.15, 0.2) is 11.5 Å². The molecule has 0 unspecified atom stereocenters. The van der Waals surface area contributed by atoms with Crippen molar-refractivity contribution in [3.8, 4) is 22.5 Å². The molecule has 0 radical (unpaired) electrons. The lowest BCUT2D eigenvalue weighted by atomic mass is 9.98. The van der Waals surface area contributed by atoms with Crippen molar-refractivity contribution in [2.24, 2.45) is 0 Å². The number of hydrogen-bond donors (Lipinski definition) is 1. The van der Waals surface area contributed by atoms with E-state index in [9.17, 15) is 8.78 Å². The Labute approximate surface area is 158 Å². The highest BCUT2D eigenvalue weighted by atomic mass is 19.1. The van der Waals surface area contributed by atoms with Gasteiger partial charge in [-0.2, -0.15) is 10.2 Å². The number of hydrogen-bond acceptors (Lipinski definition) is 5. The van der Waals surface area contributed by atoms with E-state index in [-0.39, 0.29) is 5.69 Å². The number of pyridine rings is 2. The van der Waals surface area contributed by atoms with Gasteiger partial charge in [0.05, 0.1) is 36.8 Å². The quantitative estimate of drug-likeness (QED) is 0.574. The van der Waals surface area contributed by atoms with Crippen LogP contribution < -0.4 is 0 Å². The van der Waals surface area contributed by atoms with E-state index in [1.54, 1.807) is 12.4 Å². The van der Waals surface area contributed by atoms with Crippen LogP contribution in [-0.2, 0) is 17.9 Å². The predicted octanol–water partition coefficient (Wildman–Crippen LogP) is 3.47. The molecule has 9 heteroatoms. The highest BCUT2D eigenvalue weighted by Gasteiger charge is 2.33. The lowest BCUT2D eigenvalue weighted by Crippen LogP contribution is -2.36. The van der Waals surface area contributed by atoms with Gasteiger partial charge < -0.3 is 4.74 Å². The van der Waals surface area contributed by atoms with Crippen molar-refractivity contribution >= 4 is 11.0 Å². The Hall–Kier alpha value is -3.20. The number of ether oxygens (including phenoxy) is 1. The number of fused-ring (bicyclic) bond motifs is 2. The van der Waals surface area contributed by atoms with E-state index in [0.29, 0.717) is 30.1 Å². The minimum absolute atomic E-state index is 0.00966. The molecule has 4 aromatic heterocycles. The van der Waals surface area contributed by atoms with Gasteiger partial charge in [-0.05, 0) is 19.9 Å². The van der Waals surface area contributed by atoms with Crippen LogP contribution in [0.2, 0.25) is 0 Å². The number of H-pyrrole nitrogens is 1. The van der Waals surface area contributed by atoms with Gasteiger partial charge in [0.1, 0.15) is 17.2 Å². The molecule has 142 valence electrons. The average Bonchev–Trinajstić information content (AvgIpc) is 3.24. The fraction of sp³-hybridized carbons (Fsp3) is 0.263. The third-order valence-corrected chi connectivity index (χ3v) is 4.84. The molecule has 0 bridgehead atoms. The van der Waals surface area contributed by atoms with Crippen LogP contribution in [-0.4, -0.2) is 35.5 Å². The smallest absolute Gasteiger partial charge is 0.155 e. The molecule has 0 spiro atoms. The molecule has 1 aliphatic rings.